The molecule has 118 valence electrons. The summed E-state index contributed by atoms with van der Waals surface area (Å²) in [6.07, 6.45) is 2.83. The molecule has 0 radical (unpaired) electrons. The summed E-state index contributed by atoms with van der Waals surface area (Å²) in [5, 5.41) is 7.62. The Bertz CT molecular complexity index is 472. The normalized spacial score (nSPS) is 19.1. The number of rotatable bonds is 7. The SMILES string of the molecule is CCOC(=O)c1cnn(C)c1CNCC1CCN(CC)C1. The fourth-order valence-electron chi connectivity index (χ4n) is 2.81. The van der Waals surface area contributed by atoms with Gasteiger partial charge in [-0.15, -0.1) is 0 Å². The quantitative estimate of drug-likeness (QED) is 0.761. The Morgan fingerprint density at radius 3 is 3.00 bits per heavy atom. The molecule has 1 atom stereocenters. The highest BCUT2D eigenvalue weighted by molar-refractivity contribution is 5.90. The zero-order chi connectivity index (χ0) is 15.2. The lowest BCUT2D eigenvalue weighted by atomic mass is 10.1. The van der Waals surface area contributed by atoms with Crippen LogP contribution in [0.4, 0.5) is 0 Å². The first-order chi connectivity index (χ1) is 10.2. The van der Waals surface area contributed by atoms with Crippen LogP contribution in [0, 0.1) is 5.92 Å². The van der Waals surface area contributed by atoms with Gasteiger partial charge in [0.1, 0.15) is 5.56 Å². The molecule has 21 heavy (non-hydrogen) atoms. The molecule has 0 spiro atoms. The van der Waals surface area contributed by atoms with E-state index in [1.54, 1.807) is 10.9 Å². The van der Waals surface area contributed by atoms with Gasteiger partial charge in [-0.1, -0.05) is 6.92 Å². The average molecular weight is 294 g/mol. The second-order valence-electron chi connectivity index (χ2n) is 5.53. The van der Waals surface area contributed by atoms with Gasteiger partial charge < -0.3 is 15.0 Å². The molecule has 2 rings (SSSR count). The van der Waals surface area contributed by atoms with Crippen molar-refractivity contribution in [2.45, 2.75) is 26.8 Å². The number of aromatic nitrogens is 2. The van der Waals surface area contributed by atoms with Crippen molar-refractivity contribution >= 4 is 5.97 Å². The van der Waals surface area contributed by atoms with E-state index in [0.717, 1.165) is 18.8 Å². The number of esters is 1. The van der Waals surface area contributed by atoms with Gasteiger partial charge in [-0.3, -0.25) is 4.68 Å². The number of aryl methyl sites for hydroxylation is 1. The Hall–Kier alpha value is -1.40. The Morgan fingerprint density at radius 1 is 1.52 bits per heavy atom. The maximum Gasteiger partial charge on any atom is 0.341 e. The van der Waals surface area contributed by atoms with Crippen molar-refractivity contribution in [2.24, 2.45) is 13.0 Å². The zero-order valence-corrected chi connectivity index (χ0v) is 13.3. The molecule has 1 saturated heterocycles. The van der Waals surface area contributed by atoms with Crippen LogP contribution in [0.2, 0.25) is 0 Å². The molecule has 6 heteroatoms. The lowest BCUT2D eigenvalue weighted by Gasteiger charge is -2.14. The van der Waals surface area contributed by atoms with E-state index in [-0.39, 0.29) is 5.97 Å². The number of nitrogens with zero attached hydrogens (tertiary/aromatic N) is 3. The monoisotopic (exact) mass is 294 g/mol. The predicted molar refractivity (Wildman–Crippen MR) is 81.1 cm³/mol. The largest absolute Gasteiger partial charge is 0.462 e. The molecule has 1 aliphatic rings. The highest BCUT2D eigenvalue weighted by Gasteiger charge is 2.21. The van der Waals surface area contributed by atoms with Crippen molar-refractivity contribution < 1.29 is 9.53 Å². The Balaban J connectivity index is 1.85. The van der Waals surface area contributed by atoms with E-state index in [0.29, 0.717) is 24.6 Å². The van der Waals surface area contributed by atoms with Crippen LogP contribution in [0.15, 0.2) is 6.20 Å². The summed E-state index contributed by atoms with van der Waals surface area (Å²) in [7, 11) is 1.86. The topological polar surface area (TPSA) is 59.4 Å². The van der Waals surface area contributed by atoms with E-state index >= 15 is 0 Å². The second kappa shape index (κ2) is 7.56. The number of nitrogens with one attached hydrogen (secondary N) is 1. The molecular weight excluding hydrogens is 268 g/mol. The number of hydrogen-bond acceptors (Lipinski definition) is 5. The highest BCUT2D eigenvalue weighted by atomic mass is 16.5. The van der Waals surface area contributed by atoms with Gasteiger partial charge in [0.2, 0.25) is 0 Å². The third kappa shape index (κ3) is 4.04. The molecule has 0 aliphatic carbocycles. The van der Waals surface area contributed by atoms with E-state index < -0.39 is 0 Å². The van der Waals surface area contributed by atoms with Crippen molar-refractivity contribution in [3.63, 3.8) is 0 Å². The van der Waals surface area contributed by atoms with Crippen molar-refractivity contribution in [2.75, 3.05) is 32.8 Å². The minimum absolute atomic E-state index is 0.291. The first kappa shape index (κ1) is 16.0. The average Bonchev–Trinajstić information content (AvgIpc) is 3.07. The molecule has 0 aromatic carbocycles. The molecular formula is C15H26N4O2. The molecule has 6 nitrogen and oxygen atoms in total. The van der Waals surface area contributed by atoms with Crippen LogP contribution in [-0.4, -0.2) is 53.4 Å². The van der Waals surface area contributed by atoms with Gasteiger partial charge in [0, 0.05) is 20.1 Å². The Labute approximate surface area is 126 Å². The summed E-state index contributed by atoms with van der Waals surface area (Å²) < 4.78 is 6.81. The van der Waals surface area contributed by atoms with Crippen molar-refractivity contribution in [1.82, 2.24) is 20.0 Å². The molecule has 1 aliphatic heterocycles. The fraction of sp³-hybridized carbons (Fsp3) is 0.733. The summed E-state index contributed by atoms with van der Waals surface area (Å²) in [6.45, 7) is 9.52. The fourth-order valence-corrected chi connectivity index (χ4v) is 2.81. The summed E-state index contributed by atoms with van der Waals surface area (Å²) >= 11 is 0. The van der Waals surface area contributed by atoms with Crippen LogP contribution in [0.3, 0.4) is 0 Å². The van der Waals surface area contributed by atoms with Crippen LogP contribution in [-0.2, 0) is 18.3 Å². The lowest BCUT2D eigenvalue weighted by molar-refractivity contribution is 0.0524. The van der Waals surface area contributed by atoms with Crippen molar-refractivity contribution in [3.8, 4) is 0 Å². The molecule has 1 aromatic heterocycles. The van der Waals surface area contributed by atoms with E-state index in [2.05, 4.69) is 22.2 Å². The summed E-state index contributed by atoms with van der Waals surface area (Å²) in [6, 6.07) is 0. The van der Waals surface area contributed by atoms with Gasteiger partial charge in [0.25, 0.3) is 0 Å². The number of carbonyl (C=O) groups excluding carboxylic acids is 1. The van der Waals surface area contributed by atoms with Crippen LogP contribution in [0.5, 0.6) is 0 Å². The van der Waals surface area contributed by atoms with E-state index in [1.165, 1.54) is 19.5 Å². The smallest absolute Gasteiger partial charge is 0.341 e. The third-order valence-electron chi connectivity index (χ3n) is 4.10. The maximum absolute atomic E-state index is 11.9. The minimum atomic E-state index is -0.291. The molecule has 0 saturated carbocycles. The van der Waals surface area contributed by atoms with Crippen LogP contribution < -0.4 is 5.32 Å². The van der Waals surface area contributed by atoms with Gasteiger partial charge in [-0.2, -0.15) is 5.10 Å². The third-order valence-corrected chi connectivity index (χ3v) is 4.10. The Morgan fingerprint density at radius 2 is 2.33 bits per heavy atom. The number of carbonyl (C=O) groups is 1. The van der Waals surface area contributed by atoms with E-state index in [1.807, 2.05) is 14.0 Å². The van der Waals surface area contributed by atoms with Gasteiger partial charge in [0.15, 0.2) is 0 Å². The van der Waals surface area contributed by atoms with Crippen LogP contribution >= 0.6 is 0 Å². The van der Waals surface area contributed by atoms with Crippen LogP contribution in [0.1, 0.15) is 36.3 Å². The van der Waals surface area contributed by atoms with Gasteiger partial charge in [0.05, 0.1) is 18.5 Å². The first-order valence-corrected chi connectivity index (χ1v) is 7.76. The van der Waals surface area contributed by atoms with E-state index in [9.17, 15) is 4.79 Å². The van der Waals surface area contributed by atoms with Crippen molar-refractivity contribution in [3.05, 3.63) is 17.5 Å². The van der Waals surface area contributed by atoms with Gasteiger partial charge in [-0.25, -0.2) is 4.79 Å². The Kier molecular flexibility index (Phi) is 5.76. The zero-order valence-electron chi connectivity index (χ0n) is 13.3. The molecule has 1 aromatic rings. The van der Waals surface area contributed by atoms with Crippen LogP contribution in [0.25, 0.3) is 0 Å². The highest BCUT2D eigenvalue weighted by Crippen LogP contribution is 2.15. The summed E-state index contributed by atoms with van der Waals surface area (Å²) in [5.41, 5.74) is 1.45. The standard InChI is InChI=1S/C15H26N4O2/c1-4-19-7-6-12(11-19)8-16-10-14-13(9-17-18(14)3)15(20)21-5-2/h9,12,16H,4-8,10-11H2,1-3H3. The molecule has 0 amide bonds. The van der Waals surface area contributed by atoms with Crippen molar-refractivity contribution in [1.29, 1.82) is 0 Å². The summed E-state index contributed by atoms with van der Waals surface area (Å²) in [5.74, 6) is 0.407. The van der Waals surface area contributed by atoms with Gasteiger partial charge in [-0.05, 0) is 38.9 Å². The minimum Gasteiger partial charge on any atom is -0.462 e. The molecule has 0 bridgehead atoms. The molecule has 2 heterocycles. The number of likely N-dealkylation sites (tertiary alicyclic amines) is 1. The first-order valence-electron chi connectivity index (χ1n) is 7.76. The molecule has 1 fully saturated rings. The molecule has 1 unspecified atom stereocenters. The number of hydrogen-bond donors (Lipinski definition) is 1. The number of ether oxygens (including phenoxy) is 1. The predicted octanol–water partition coefficient (Wildman–Crippen LogP) is 1.03. The lowest BCUT2D eigenvalue weighted by Crippen LogP contribution is -2.27. The summed E-state index contributed by atoms with van der Waals surface area (Å²) in [4.78, 5) is 14.3. The maximum atomic E-state index is 11.9. The van der Waals surface area contributed by atoms with Gasteiger partial charge >= 0.3 is 5.97 Å². The van der Waals surface area contributed by atoms with E-state index in [4.69, 9.17) is 4.74 Å². The second-order valence-corrected chi connectivity index (χ2v) is 5.53. The molecule has 1 N–H and O–H groups in total.